The first-order valence-corrected chi connectivity index (χ1v) is 12.5. The molecule has 38 heavy (non-hydrogen) atoms. The summed E-state index contributed by atoms with van der Waals surface area (Å²) in [6, 6.07) is 19.4. The highest BCUT2D eigenvalue weighted by Crippen LogP contribution is 2.39. The molecule has 0 aliphatic carbocycles. The molecule has 0 spiro atoms. The van der Waals surface area contributed by atoms with Crippen LogP contribution in [-0.4, -0.2) is 44.9 Å². The maximum Gasteiger partial charge on any atom is 0.254 e. The first-order chi connectivity index (χ1) is 18.6. The van der Waals surface area contributed by atoms with Gasteiger partial charge in [0.25, 0.3) is 5.56 Å². The zero-order chi connectivity index (χ0) is 25.6. The van der Waals surface area contributed by atoms with Crippen molar-refractivity contribution >= 4 is 16.6 Å². The molecule has 0 fully saturated rings. The third-order valence-electron chi connectivity index (χ3n) is 7.11. The summed E-state index contributed by atoms with van der Waals surface area (Å²) in [5.74, 6) is 1.47. The van der Waals surface area contributed by atoms with Crippen LogP contribution in [0.5, 0.6) is 11.5 Å². The van der Waals surface area contributed by atoms with E-state index in [1.807, 2.05) is 24.3 Å². The number of pyridine rings is 1. The summed E-state index contributed by atoms with van der Waals surface area (Å²) in [4.78, 5) is 18.9. The number of nitrogens with zero attached hydrogens (tertiary/aromatic N) is 5. The maximum atomic E-state index is 13.6. The topological polar surface area (TPSA) is 98.2 Å². The van der Waals surface area contributed by atoms with Gasteiger partial charge in [0, 0.05) is 29.2 Å². The molecule has 0 radical (unpaired) electrons. The lowest BCUT2D eigenvalue weighted by atomic mass is 10.0. The van der Waals surface area contributed by atoms with Gasteiger partial charge in [0.2, 0.25) is 0 Å². The second-order valence-corrected chi connectivity index (χ2v) is 9.43. The number of fused-ring (bicyclic) bond motifs is 3. The standard InChI is InChI=1S/C28H23FN6O3/c29-20-7-5-17(6-8-20)16-35-27(31-32-33-35)26(34-10-9-18-3-1-2-4-23(18)34)21-13-19-14-24-25(38-12-11-37-24)15-22(19)30-28(21)36/h1-8,13-15,26H,9-12,16H2,(H,30,36)/t26-/m0/s1. The Balaban J connectivity index is 1.38. The normalized spacial score (nSPS) is 15.0. The summed E-state index contributed by atoms with van der Waals surface area (Å²) < 4.78 is 26.7. The summed E-state index contributed by atoms with van der Waals surface area (Å²) in [7, 11) is 0. The van der Waals surface area contributed by atoms with Crippen LogP contribution in [0.2, 0.25) is 0 Å². The molecule has 0 amide bonds. The van der Waals surface area contributed by atoms with Gasteiger partial charge in [-0.15, -0.1) is 5.10 Å². The molecule has 1 atom stereocenters. The second-order valence-electron chi connectivity index (χ2n) is 9.43. The molecule has 2 aliphatic rings. The zero-order valence-corrected chi connectivity index (χ0v) is 20.3. The minimum Gasteiger partial charge on any atom is -0.486 e. The van der Waals surface area contributed by atoms with Crippen LogP contribution in [0, 0.1) is 5.82 Å². The Morgan fingerprint density at radius 1 is 1.00 bits per heavy atom. The van der Waals surface area contributed by atoms with Crippen LogP contribution < -0.4 is 19.9 Å². The minimum atomic E-state index is -0.560. The van der Waals surface area contributed by atoms with E-state index >= 15 is 0 Å². The zero-order valence-electron chi connectivity index (χ0n) is 20.3. The van der Waals surface area contributed by atoms with Gasteiger partial charge in [0.15, 0.2) is 17.3 Å². The molecule has 2 aliphatic heterocycles. The molecule has 0 saturated carbocycles. The highest BCUT2D eigenvalue weighted by molar-refractivity contribution is 5.83. The SMILES string of the molecule is O=c1[nH]c2cc3c(cc2cc1[C@@H](c1nnnn1Cc1ccc(F)cc1)N1CCc2ccccc21)OCCO3. The fourth-order valence-corrected chi connectivity index (χ4v) is 5.32. The third-order valence-corrected chi connectivity index (χ3v) is 7.11. The van der Waals surface area contributed by atoms with Crippen LogP contribution in [0.25, 0.3) is 10.9 Å². The lowest BCUT2D eigenvalue weighted by Crippen LogP contribution is -2.34. The van der Waals surface area contributed by atoms with Crippen molar-refractivity contribution in [2.45, 2.75) is 19.0 Å². The molecule has 4 heterocycles. The molecular weight excluding hydrogens is 487 g/mol. The lowest BCUT2D eigenvalue weighted by Gasteiger charge is -2.29. The fraction of sp³-hybridized carbons (Fsp3) is 0.214. The first-order valence-electron chi connectivity index (χ1n) is 12.5. The Morgan fingerprint density at radius 3 is 2.63 bits per heavy atom. The Bertz CT molecular complexity index is 1710. The molecule has 190 valence electrons. The quantitative estimate of drug-likeness (QED) is 0.386. The number of aromatic amines is 1. The van der Waals surface area contributed by atoms with Gasteiger partial charge in [-0.3, -0.25) is 4.79 Å². The number of anilines is 1. The monoisotopic (exact) mass is 510 g/mol. The first kappa shape index (κ1) is 22.5. The van der Waals surface area contributed by atoms with Gasteiger partial charge < -0.3 is 19.4 Å². The fourth-order valence-electron chi connectivity index (χ4n) is 5.32. The Hall–Kier alpha value is -4.73. The Kier molecular flexibility index (Phi) is 5.31. The van der Waals surface area contributed by atoms with E-state index in [9.17, 15) is 9.18 Å². The molecule has 10 heteroatoms. The van der Waals surface area contributed by atoms with Gasteiger partial charge in [-0.2, -0.15) is 0 Å². The number of para-hydroxylation sites is 1. The van der Waals surface area contributed by atoms with Crippen LogP contribution in [-0.2, 0) is 13.0 Å². The smallest absolute Gasteiger partial charge is 0.254 e. The third kappa shape index (κ3) is 3.85. The van der Waals surface area contributed by atoms with Crippen LogP contribution in [0.4, 0.5) is 10.1 Å². The molecule has 0 bridgehead atoms. The number of hydrogen-bond acceptors (Lipinski definition) is 7. The van der Waals surface area contributed by atoms with E-state index in [1.54, 1.807) is 22.9 Å². The number of tetrazole rings is 1. The second kappa shape index (κ2) is 8.98. The van der Waals surface area contributed by atoms with E-state index < -0.39 is 6.04 Å². The predicted octanol–water partition coefficient (Wildman–Crippen LogP) is 3.63. The molecule has 1 N–H and O–H groups in total. The van der Waals surface area contributed by atoms with E-state index in [1.165, 1.54) is 17.7 Å². The van der Waals surface area contributed by atoms with Crippen LogP contribution in [0.3, 0.4) is 0 Å². The summed E-state index contributed by atoms with van der Waals surface area (Å²) in [5.41, 5.74) is 4.02. The number of rotatable bonds is 5. The predicted molar refractivity (Wildman–Crippen MR) is 138 cm³/mol. The van der Waals surface area contributed by atoms with Gasteiger partial charge in [0.1, 0.15) is 25.1 Å². The average Bonchev–Trinajstić information content (AvgIpc) is 3.57. The Labute approximate surface area is 216 Å². The molecule has 7 rings (SSSR count). The van der Waals surface area contributed by atoms with Crippen molar-refractivity contribution in [2.75, 3.05) is 24.7 Å². The van der Waals surface area contributed by atoms with E-state index in [4.69, 9.17) is 9.47 Å². The van der Waals surface area contributed by atoms with Gasteiger partial charge in [-0.1, -0.05) is 30.3 Å². The lowest BCUT2D eigenvalue weighted by molar-refractivity contribution is 0.172. The molecule has 3 aromatic carbocycles. The maximum absolute atomic E-state index is 13.6. The molecule has 0 saturated heterocycles. The number of nitrogens with one attached hydrogen (secondary N) is 1. The van der Waals surface area contributed by atoms with Gasteiger partial charge >= 0.3 is 0 Å². The molecule has 2 aromatic heterocycles. The van der Waals surface area contributed by atoms with Crippen molar-refractivity contribution in [1.29, 1.82) is 0 Å². The molecule has 5 aromatic rings. The number of aromatic nitrogens is 5. The molecule has 0 unspecified atom stereocenters. The van der Waals surface area contributed by atoms with Gasteiger partial charge in [0.05, 0.1) is 12.1 Å². The van der Waals surface area contributed by atoms with E-state index in [2.05, 4.69) is 37.5 Å². The van der Waals surface area contributed by atoms with Crippen molar-refractivity contribution in [1.82, 2.24) is 25.2 Å². The van der Waals surface area contributed by atoms with Crippen LogP contribution in [0.15, 0.2) is 71.5 Å². The van der Waals surface area contributed by atoms with E-state index in [0.29, 0.717) is 54.7 Å². The highest BCUT2D eigenvalue weighted by atomic mass is 19.1. The van der Waals surface area contributed by atoms with Crippen LogP contribution >= 0.6 is 0 Å². The summed E-state index contributed by atoms with van der Waals surface area (Å²) in [6.45, 7) is 1.97. The summed E-state index contributed by atoms with van der Waals surface area (Å²) >= 11 is 0. The minimum absolute atomic E-state index is 0.236. The average molecular weight is 511 g/mol. The van der Waals surface area contributed by atoms with Crippen molar-refractivity contribution < 1.29 is 13.9 Å². The summed E-state index contributed by atoms with van der Waals surface area (Å²) in [5, 5.41) is 13.4. The Morgan fingerprint density at radius 2 is 1.79 bits per heavy atom. The molecule has 9 nitrogen and oxygen atoms in total. The van der Waals surface area contributed by atoms with Gasteiger partial charge in [-0.25, -0.2) is 9.07 Å². The van der Waals surface area contributed by atoms with Crippen molar-refractivity contribution in [3.8, 4) is 11.5 Å². The number of benzene rings is 3. The van der Waals surface area contributed by atoms with Crippen molar-refractivity contribution in [3.05, 3.63) is 105 Å². The van der Waals surface area contributed by atoms with Crippen molar-refractivity contribution in [2.24, 2.45) is 0 Å². The van der Waals surface area contributed by atoms with Gasteiger partial charge in [-0.05, 0) is 58.3 Å². The number of H-pyrrole nitrogens is 1. The molecular formula is C28H23FN6O3. The highest BCUT2D eigenvalue weighted by Gasteiger charge is 2.34. The summed E-state index contributed by atoms with van der Waals surface area (Å²) in [6.07, 6.45) is 0.844. The largest absolute Gasteiger partial charge is 0.486 e. The van der Waals surface area contributed by atoms with E-state index in [-0.39, 0.29) is 11.4 Å². The number of ether oxygens (including phenoxy) is 2. The number of hydrogen-bond donors (Lipinski definition) is 1. The van der Waals surface area contributed by atoms with E-state index in [0.717, 1.165) is 23.1 Å². The number of halogens is 1. The van der Waals surface area contributed by atoms with Crippen molar-refractivity contribution in [3.63, 3.8) is 0 Å². The van der Waals surface area contributed by atoms with Crippen LogP contribution in [0.1, 0.15) is 28.6 Å².